The molecule has 0 aliphatic rings. The van der Waals surface area contributed by atoms with Crippen LogP contribution in [0.25, 0.3) is 0 Å². The predicted molar refractivity (Wildman–Crippen MR) is 120 cm³/mol. The second kappa shape index (κ2) is 15.6. The minimum atomic E-state index is 0. The summed E-state index contributed by atoms with van der Waals surface area (Å²) in [5.74, 6) is 2.81. The maximum atomic E-state index is 5.56. The molecule has 1 rings (SSSR count). The summed E-state index contributed by atoms with van der Waals surface area (Å²) in [6, 6.07) is 3.67. The fourth-order valence-electron chi connectivity index (χ4n) is 2.37. The SMILES string of the molecule is CCCCOCCCNC(=NC)NCc1c(OC)cc(OC)cc1OC.I. The quantitative estimate of drug-likeness (QED) is 0.201. The lowest BCUT2D eigenvalue weighted by atomic mass is 10.1. The van der Waals surface area contributed by atoms with E-state index >= 15 is 0 Å². The molecule has 0 heterocycles. The molecule has 0 atom stereocenters. The first-order valence-corrected chi connectivity index (χ1v) is 9.01. The summed E-state index contributed by atoms with van der Waals surface area (Å²) >= 11 is 0. The average Bonchev–Trinajstić information content (AvgIpc) is 2.68. The minimum absolute atomic E-state index is 0. The Bertz CT molecular complexity index is 531. The third kappa shape index (κ3) is 9.37. The van der Waals surface area contributed by atoms with E-state index < -0.39 is 0 Å². The topological polar surface area (TPSA) is 73.3 Å². The van der Waals surface area contributed by atoms with Crippen LogP contribution in [0.2, 0.25) is 0 Å². The lowest BCUT2D eigenvalue weighted by Crippen LogP contribution is -2.37. The Morgan fingerprint density at radius 1 is 0.963 bits per heavy atom. The minimum Gasteiger partial charge on any atom is -0.496 e. The van der Waals surface area contributed by atoms with E-state index in [1.807, 2.05) is 12.1 Å². The molecular weight excluding hydrogens is 461 g/mol. The predicted octanol–water partition coefficient (Wildman–Crippen LogP) is 3.20. The van der Waals surface area contributed by atoms with Gasteiger partial charge in [0.05, 0.1) is 33.4 Å². The van der Waals surface area contributed by atoms with Crippen molar-refractivity contribution >= 4 is 29.9 Å². The molecule has 1 aromatic carbocycles. The highest BCUT2D eigenvalue weighted by molar-refractivity contribution is 14.0. The Kier molecular flexibility index (Phi) is 14.8. The second-order valence-corrected chi connectivity index (χ2v) is 5.68. The zero-order chi connectivity index (χ0) is 19.2. The van der Waals surface area contributed by atoms with Crippen LogP contribution in [0.5, 0.6) is 17.2 Å². The van der Waals surface area contributed by atoms with Crippen LogP contribution >= 0.6 is 24.0 Å². The summed E-state index contributed by atoms with van der Waals surface area (Å²) in [6.45, 7) is 5.06. The highest BCUT2D eigenvalue weighted by Gasteiger charge is 2.13. The summed E-state index contributed by atoms with van der Waals surface area (Å²) in [4.78, 5) is 4.24. The molecule has 0 aromatic heterocycles. The Balaban J connectivity index is 0.00000676. The number of hydrogen-bond donors (Lipinski definition) is 2. The molecule has 0 saturated heterocycles. The van der Waals surface area contributed by atoms with Crippen LogP contribution in [0.3, 0.4) is 0 Å². The fourth-order valence-corrected chi connectivity index (χ4v) is 2.37. The number of unbranched alkanes of at least 4 members (excludes halogenated alkanes) is 1. The molecule has 0 radical (unpaired) electrons. The first-order chi connectivity index (χ1) is 12.7. The molecule has 0 saturated carbocycles. The maximum absolute atomic E-state index is 5.56. The van der Waals surface area contributed by atoms with E-state index in [4.69, 9.17) is 18.9 Å². The zero-order valence-electron chi connectivity index (χ0n) is 17.1. The molecule has 7 nitrogen and oxygen atoms in total. The molecule has 1 aromatic rings. The van der Waals surface area contributed by atoms with Crippen LogP contribution in [0.4, 0.5) is 0 Å². The van der Waals surface area contributed by atoms with Crippen molar-refractivity contribution in [1.29, 1.82) is 0 Å². The summed E-state index contributed by atoms with van der Waals surface area (Å²) in [7, 11) is 6.62. The molecule has 0 spiro atoms. The average molecular weight is 495 g/mol. The Morgan fingerprint density at radius 2 is 1.59 bits per heavy atom. The molecular formula is C19H34IN3O4. The molecule has 0 aliphatic carbocycles. The van der Waals surface area contributed by atoms with E-state index in [1.54, 1.807) is 28.4 Å². The van der Waals surface area contributed by atoms with E-state index in [0.717, 1.165) is 50.5 Å². The molecule has 0 bridgehead atoms. The lowest BCUT2D eigenvalue weighted by Gasteiger charge is -2.17. The van der Waals surface area contributed by atoms with Crippen LogP contribution < -0.4 is 24.8 Å². The molecule has 2 N–H and O–H groups in total. The summed E-state index contributed by atoms with van der Waals surface area (Å²) < 4.78 is 21.8. The van der Waals surface area contributed by atoms with Crippen molar-refractivity contribution in [3.63, 3.8) is 0 Å². The van der Waals surface area contributed by atoms with E-state index in [1.165, 1.54) is 0 Å². The van der Waals surface area contributed by atoms with Crippen molar-refractivity contribution < 1.29 is 18.9 Å². The van der Waals surface area contributed by atoms with E-state index in [9.17, 15) is 0 Å². The number of nitrogens with zero attached hydrogens (tertiary/aromatic N) is 1. The highest BCUT2D eigenvalue weighted by atomic mass is 127. The van der Waals surface area contributed by atoms with Crippen molar-refractivity contribution in [3.8, 4) is 17.2 Å². The number of halogens is 1. The van der Waals surface area contributed by atoms with Crippen molar-refractivity contribution in [2.45, 2.75) is 32.7 Å². The first kappa shape index (κ1) is 25.6. The van der Waals surface area contributed by atoms with Crippen molar-refractivity contribution in [1.82, 2.24) is 10.6 Å². The Hall–Kier alpha value is -1.42. The van der Waals surface area contributed by atoms with Gasteiger partial charge in [0.15, 0.2) is 5.96 Å². The smallest absolute Gasteiger partial charge is 0.191 e. The van der Waals surface area contributed by atoms with E-state index in [-0.39, 0.29) is 24.0 Å². The van der Waals surface area contributed by atoms with Crippen LogP contribution in [-0.4, -0.2) is 54.1 Å². The zero-order valence-corrected chi connectivity index (χ0v) is 19.4. The van der Waals surface area contributed by atoms with Gasteiger partial charge in [-0.1, -0.05) is 13.3 Å². The van der Waals surface area contributed by atoms with Gasteiger partial charge in [0, 0.05) is 38.9 Å². The Morgan fingerprint density at radius 3 is 2.11 bits per heavy atom. The largest absolute Gasteiger partial charge is 0.496 e. The molecule has 0 fully saturated rings. The first-order valence-electron chi connectivity index (χ1n) is 9.01. The molecule has 0 unspecified atom stereocenters. The van der Waals surface area contributed by atoms with Crippen LogP contribution in [-0.2, 0) is 11.3 Å². The van der Waals surface area contributed by atoms with Crippen molar-refractivity contribution in [3.05, 3.63) is 17.7 Å². The third-order valence-electron chi connectivity index (χ3n) is 3.87. The summed E-state index contributed by atoms with van der Waals surface area (Å²) in [5, 5.41) is 6.56. The lowest BCUT2D eigenvalue weighted by molar-refractivity contribution is 0.129. The molecule has 8 heteroatoms. The van der Waals surface area contributed by atoms with Gasteiger partial charge in [0.2, 0.25) is 0 Å². The molecule has 156 valence electrons. The second-order valence-electron chi connectivity index (χ2n) is 5.68. The van der Waals surface area contributed by atoms with Gasteiger partial charge in [0.25, 0.3) is 0 Å². The maximum Gasteiger partial charge on any atom is 0.191 e. The van der Waals surface area contributed by atoms with Gasteiger partial charge >= 0.3 is 0 Å². The summed E-state index contributed by atoms with van der Waals surface area (Å²) in [5.41, 5.74) is 0.904. The van der Waals surface area contributed by atoms with Crippen molar-refractivity contribution in [2.75, 3.05) is 48.1 Å². The number of benzene rings is 1. The molecule has 0 aliphatic heterocycles. The standard InChI is InChI=1S/C19H33N3O4.HI/c1-6-7-10-26-11-8-9-21-19(20-2)22-14-16-17(24-4)12-15(23-3)13-18(16)25-5;/h12-13H,6-11,14H2,1-5H3,(H2,20,21,22);1H. The third-order valence-corrected chi connectivity index (χ3v) is 3.87. The van der Waals surface area contributed by atoms with Crippen molar-refractivity contribution in [2.24, 2.45) is 4.99 Å². The van der Waals surface area contributed by atoms with Crippen LogP contribution in [0.1, 0.15) is 31.7 Å². The van der Waals surface area contributed by atoms with Gasteiger partial charge in [-0.15, -0.1) is 24.0 Å². The number of aliphatic imine (C=N–C) groups is 1. The van der Waals surface area contributed by atoms with Gasteiger partial charge in [-0.2, -0.15) is 0 Å². The van der Waals surface area contributed by atoms with Gasteiger partial charge in [-0.25, -0.2) is 0 Å². The summed E-state index contributed by atoms with van der Waals surface area (Å²) in [6.07, 6.45) is 3.20. The van der Waals surface area contributed by atoms with Gasteiger partial charge in [0.1, 0.15) is 17.2 Å². The van der Waals surface area contributed by atoms with Crippen LogP contribution in [0, 0.1) is 0 Å². The van der Waals surface area contributed by atoms with E-state index in [2.05, 4.69) is 22.5 Å². The molecule has 0 amide bonds. The number of guanidine groups is 1. The fraction of sp³-hybridized carbons (Fsp3) is 0.632. The monoisotopic (exact) mass is 495 g/mol. The van der Waals surface area contributed by atoms with Crippen LogP contribution in [0.15, 0.2) is 17.1 Å². The van der Waals surface area contributed by atoms with Gasteiger partial charge in [-0.05, 0) is 12.8 Å². The van der Waals surface area contributed by atoms with E-state index in [0.29, 0.717) is 23.8 Å². The Labute approximate surface area is 180 Å². The number of nitrogens with one attached hydrogen (secondary N) is 2. The molecule has 27 heavy (non-hydrogen) atoms. The number of rotatable bonds is 12. The number of methoxy groups -OCH3 is 3. The van der Waals surface area contributed by atoms with Gasteiger partial charge in [-0.3, -0.25) is 4.99 Å². The number of hydrogen-bond acceptors (Lipinski definition) is 5. The normalized spacial score (nSPS) is 10.8. The van der Waals surface area contributed by atoms with Gasteiger partial charge < -0.3 is 29.6 Å². The number of ether oxygens (including phenoxy) is 4. The highest BCUT2D eigenvalue weighted by Crippen LogP contribution is 2.33.